The Balaban J connectivity index is 2.10. The second-order valence-electron chi connectivity index (χ2n) is 4.38. The summed E-state index contributed by atoms with van der Waals surface area (Å²) in [5, 5.41) is 0. The highest BCUT2D eigenvalue weighted by Gasteiger charge is 2.15. The van der Waals surface area contributed by atoms with E-state index in [9.17, 15) is 0 Å². The molecule has 3 aromatic rings. The molecule has 0 bridgehead atoms. The first-order valence-corrected chi connectivity index (χ1v) is 6.12. The second kappa shape index (κ2) is 4.76. The molecule has 7 nitrogen and oxygen atoms in total. The van der Waals surface area contributed by atoms with Crippen LogP contribution >= 0.6 is 0 Å². The van der Waals surface area contributed by atoms with E-state index in [1.165, 1.54) is 6.33 Å². The minimum atomic E-state index is 0.363. The van der Waals surface area contributed by atoms with Crippen LogP contribution in [0.25, 0.3) is 11.2 Å². The van der Waals surface area contributed by atoms with E-state index in [1.54, 1.807) is 11.7 Å². The summed E-state index contributed by atoms with van der Waals surface area (Å²) < 4.78 is 6.96. The Bertz CT molecular complexity index is 767. The average Bonchev–Trinajstić information content (AvgIpc) is 2.75. The topological polar surface area (TPSA) is 91.7 Å². The van der Waals surface area contributed by atoms with Crippen molar-refractivity contribution in [1.29, 1.82) is 0 Å². The summed E-state index contributed by atoms with van der Waals surface area (Å²) in [6, 6.07) is 5.85. The molecule has 3 rings (SSSR count). The largest absolute Gasteiger partial charge is 0.479 e. The zero-order valence-electron chi connectivity index (χ0n) is 11.2. The van der Waals surface area contributed by atoms with E-state index in [0.717, 1.165) is 11.4 Å². The van der Waals surface area contributed by atoms with Crippen LogP contribution in [0.2, 0.25) is 0 Å². The number of imidazole rings is 1. The molecule has 0 aromatic carbocycles. The quantitative estimate of drug-likeness (QED) is 0.768. The number of nitrogen functional groups attached to an aromatic ring is 1. The van der Waals surface area contributed by atoms with Gasteiger partial charge in [0, 0.05) is 5.69 Å². The number of fused-ring (bicyclic) bond motifs is 1. The highest BCUT2D eigenvalue weighted by atomic mass is 16.5. The van der Waals surface area contributed by atoms with Crippen molar-refractivity contribution in [3.05, 3.63) is 35.9 Å². The number of anilines is 1. The van der Waals surface area contributed by atoms with Gasteiger partial charge in [0.15, 0.2) is 11.2 Å². The van der Waals surface area contributed by atoms with Crippen molar-refractivity contribution in [2.45, 2.75) is 13.5 Å². The van der Waals surface area contributed by atoms with Crippen LogP contribution in [-0.2, 0) is 6.54 Å². The van der Waals surface area contributed by atoms with Crippen molar-refractivity contribution >= 4 is 17.1 Å². The van der Waals surface area contributed by atoms with Gasteiger partial charge < -0.3 is 10.5 Å². The summed E-state index contributed by atoms with van der Waals surface area (Å²) in [6.45, 7) is 2.45. The summed E-state index contributed by atoms with van der Waals surface area (Å²) in [5.74, 6) is 0.778. The van der Waals surface area contributed by atoms with Gasteiger partial charge in [-0.25, -0.2) is 9.97 Å². The zero-order valence-corrected chi connectivity index (χ0v) is 11.2. The van der Waals surface area contributed by atoms with Crippen LogP contribution in [-0.4, -0.2) is 31.6 Å². The fourth-order valence-electron chi connectivity index (χ4n) is 2.09. The third-order valence-electron chi connectivity index (χ3n) is 2.99. The minimum Gasteiger partial charge on any atom is -0.479 e. The van der Waals surface area contributed by atoms with Gasteiger partial charge in [-0.2, -0.15) is 4.98 Å². The van der Waals surface area contributed by atoms with Crippen LogP contribution in [0.4, 0.5) is 5.95 Å². The van der Waals surface area contributed by atoms with E-state index in [4.69, 9.17) is 10.5 Å². The Morgan fingerprint density at radius 3 is 2.85 bits per heavy atom. The normalized spacial score (nSPS) is 10.9. The van der Waals surface area contributed by atoms with Crippen molar-refractivity contribution < 1.29 is 4.74 Å². The van der Waals surface area contributed by atoms with Gasteiger partial charge in [-0.15, -0.1) is 0 Å². The first-order chi connectivity index (χ1) is 9.69. The van der Waals surface area contributed by atoms with Crippen LogP contribution in [0.15, 0.2) is 24.5 Å². The van der Waals surface area contributed by atoms with Gasteiger partial charge in [0.1, 0.15) is 6.33 Å². The molecular weight excluding hydrogens is 256 g/mol. The van der Waals surface area contributed by atoms with E-state index in [0.29, 0.717) is 29.5 Å². The molecule has 3 heterocycles. The number of ether oxygens (including phenoxy) is 1. The minimum absolute atomic E-state index is 0.363. The van der Waals surface area contributed by atoms with Crippen molar-refractivity contribution in [2.75, 3.05) is 12.8 Å². The van der Waals surface area contributed by atoms with Crippen molar-refractivity contribution in [1.82, 2.24) is 24.5 Å². The lowest BCUT2D eigenvalue weighted by atomic mass is 10.3. The summed E-state index contributed by atoms with van der Waals surface area (Å²) in [6.07, 6.45) is 1.43. The molecule has 0 saturated carbocycles. The Morgan fingerprint density at radius 2 is 2.10 bits per heavy atom. The predicted octanol–water partition coefficient (Wildman–Crippen LogP) is 1.17. The number of hydrogen-bond donors (Lipinski definition) is 1. The maximum Gasteiger partial charge on any atom is 0.245 e. The maximum absolute atomic E-state index is 5.96. The van der Waals surface area contributed by atoms with Gasteiger partial charge in [-0.3, -0.25) is 9.55 Å². The Hall–Kier alpha value is -2.70. The molecule has 7 heteroatoms. The zero-order chi connectivity index (χ0) is 14.1. The molecule has 0 atom stereocenters. The van der Waals surface area contributed by atoms with E-state index in [-0.39, 0.29) is 0 Å². The Kier molecular flexibility index (Phi) is 2.94. The number of nitrogens with two attached hydrogens (primary N) is 1. The average molecular weight is 270 g/mol. The molecular formula is C13H14N6O. The van der Waals surface area contributed by atoms with Gasteiger partial charge in [0.2, 0.25) is 11.8 Å². The smallest absolute Gasteiger partial charge is 0.245 e. The van der Waals surface area contributed by atoms with Crippen LogP contribution < -0.4 is 10.5 Å². The highest BCUT2D eigenvalue weighted by molar-refractivity contribution is 5.78. The molecule has 0 spiro atoms. The fourth-order valence-corrected chi connectivity index (χ4v) is 2.09. The van der Waals surface area contributed by atoms with Gasteiger partial charge in [-0.1, -0.05) is 6.07 Å². The van der Waals surface area contributed by atoms with Crippen LogP contribution in [0, 0.1) is 6.92 Å². The molecule has 0 aliphatic rings. The Morgan fingerprint density at radius 1 is 1.25 bits per heavy atom. The maximum atomic E-state index is 5.96. The van der Waals surface area contributed by atoms with Gasteiger partial charge in [-0.05, 0) is 19.1 Å². The third kappa shape index (κ3) is 2.03. The lowest BCUT2D eigenvalue weighted by Gasteiger charge is -2.06. The molecule has 0 fully saturated rings. The molecule has 0 saturated heterocycles. The number of hydrogen-bond acceptors (Lipinski definition) is 6. The molecule has 0 aliphatic heterocycles. The van der Waals surface area contributed by atoms with Crippen molar-refractivity contribution in [2.24, 2.45) is 0 Å². The number of aromatic nitrogens is 5. The highest BCUT2D eigenvalue weighted by Crippen LogP contribution is 2.23. The SMILES string of the molecule is COc1ncnc2c1nc(N)n2Cc1cccc(C)n1. The standard InChI is InChI=1S/C13H14N6O/c1-8-4-3-5-9(17-8)6-19-11-10(18-13(19)14)12(20-2)16-7-15-11/h3-5,7H,6H2,1-2H3,(H2,14,18). The second-order valence-corrected chi connectivity index (χ2v) is 4.38. The Labute approximate surface area is 115 Å². The lowest BCUT2D eigenvalue weighted by Crippen LogP contribution is -2.07. The van der Waals surface area contributed by atoms with Crippen molar-refractivity contribution in [3.8, 4) is 5.88 Å². The molecule has 0 unspecified atom stereocenters. The molecule has 102 valence electrons. The molecule has 20 heavy (non-hydrogen) atoms. The lowest BCUT2D eigenvalue weighted by molar-refractivity contribution is 0.401. The first-order valence-electron chi connectivity index (χ1n) is 6.12. The summed E-state index contributed by atoms with van der Waals surface area (Å²) in [5.41, 5.74) is 9.01. The van der Waals surface area contributed by atoms with Crippen LogP contribution in [0.1, 0.15) is 11.4 Å². The first kappa shape index (κ1) is 12.3. The van der Waals surface area contributed by atoms with E-state index in [2.05, 4.69) is 19.9 Å². The van der Waals surface area contributed by atoms with E-state index >= 15 is 0 Å². The number of pyridine rings is 1. The molecule has 3 aromatic heterocycles. The monoisotopic (exact) mass is 270 g/mol. The number of nitrogens with zero attached hydrogens (tertiary/aromatic N) is 5. The molecule has 0 amide bonds. The summed E-state index contributed by atoms with van der Waals surface area (Å²) in [4.78, 5) is 17.0. The molecule has 2 N–H and O–H groups in total. The number of aryl methyl sites for hydroxylation is 1. The molecule has 0 aliphatic carbocycles. The van der Waals surface area contributed by atoms with Gasteiger partial charge in [0.25, 0.3) is 0 Å². The summed E-state index contributed by atoms with van der Waals surface area (Å²) in [7, 11) is 1.54. The summed E-state index contributed by atoms with van der Waals surface area (Å²) >= 11 is 0. The number of rotatable bonds is 3. The molecule has 0 radical (unpaired) electrons. The fraction of sp³-hybridized carbons (Fsp3) is 0.231. The van der Waals surface area contributed by atoms with Gasteiger partial charge >= 0.3 is 0 Å². The van der Waals surface area contributed by atoms with Gasteiger partial charge in [0.05, 0.1) is 19.3 Å². The van der Waals surface area contributed by atoms with E-state index in [1.807, 2.05) is 25.1 Å². The number of methoxy groups -OCH3 is 1. The van der Waals surface area contributed by atoms with Crippen molar-refractivity contribution in [3.63, 3.8) is 0 Å². The van der Waals surface area contributed by atoms with Crippen LogP contribution in [0.3, 0.4) is 0 Å². The predicted molar refractivity (Wildman–Crippen MR) is 74.4 cm³/mol. The van der Waals surface area contributed by atoms with Crippen LogP contribution in [0.5, 0.6) is 5.88 Å². The third-order valence-corrected chi connectivity index (χ3v) is 2.99. The van der Waals surface area contributed by atoms with E-state index < -0.39 is 0 Å².